The second-order valence-electron chi connectivity index (χ2n) is 6.60. The number of carbonyl (C=O) groups is 2. The Morgan fingerprint density at radius 1 is 1.16 bits per heavy atom. The van der Waals surface area contributed by atoms with E-state index in [-0.39, 0.29) is 11.8 Å². The summed E-state index contributed by atoms with van der Waals surface area (Å²) in [5.74, 6) is 0.161. The molecule has 0 aromatic heterocycles. The Hall–Kier alpha value is -2.62. The van der Waals surface area contributed by atoms with Crippen LogP contribution in [0.3, 0.4) is 0 Å². The Morgan fingerprint density at radius 2 is 2.00 bits per heavy atom. The van der Waals surface area contributed by atoms with Gasteiger partial charge in [0.2, 0.25) is 11.8 Å². The Morgan fingerprint density at radius 3 is 2.76 bits per heavy atom. The largest absolute Gasteiger partial charge is 0.326 e. The van der Waals surface area contributed by atoms with Crippen LogP contribution in [0.5, 0.6) is 0 Å². The van der Waals surface area contributed by atoms with Gasteiger partial charge in [0.25, 0.3) is 0 Å². The molecule has 2 amide bonds. The van der Waals surface area contributed by atoms with Crippen LogP contribution in [-0.4, -0.2) is 18.4 Å². The quantitative estimate of drug-likeness (QED) is 0.901. The highest BCUT2D eigenvalue weighted by molar-refractivity contribution is 5.97. The minimum Gasteiger partial charge on any atom is -0.326 e. The van der Waals surface area contributed by atoms with Gasteiger partial charge in [0, 0.05) is 24.3 Å². The number of aryl methyl sites for hydroxylation is 2. The molecule has 0 radical (unpaired) electrons. The van der Waals surface area contributed by atoms with E-state index in [2.05, 4.69) is 12.2 Å². The van der Waals surface area contributed by atoms with E-state index in [0.29, 0.717) is 12.8 Å². The number of nitrogens with zero attached hydrogens (tertiary/aromatic N) is 1. The zero-order valence-corrected chi connectivity index (χ0v) is 14.8. The molecule has 0 unspecified atom stereocenters. The molecule has 0 atom stereocenters. The number of anilines is 2. The first-order valence-corrected chi connectivity index (χ1v) is 8.85. The van der Waals surface area contributed by atoms with Crippen LogP contribution < -0.4 is 10.2 Å². The van der Waals surface area contributed by atoms with Crippen molar-refractivity contribution in [3.05, 3.63) is 59.2 Å². The fraction of sp³-hybridized carbons (Fsp3) is 0.333. The first-order chi connectivity index (χ1) is 12.1. The van der Waals surface area contributed by atoms with Crippen molar-refractivity contribution in [1.82, 2.24) is 0 Å². The number of hydrogen-bond donors (Lipinski definition) is 1. The topological polar surface area (TPSA) is 49.4 Å². The number of carbonyl (C=O) groups excluding carboxylic acids is 2. The summed E-state index contributed by atoms with van der Waals surface area (Å²) in [6.45, 7) is 4.83. The molecule has 25 heavy (non-hydrogen) atoms. The van der Waals surface area contributed by atoms with E-state index < -0.39 is 0 Å². The molecular formula is C21H24N2O2. The van der Waals surface area contributed by atoms with Crippen LogP contribution in [0, 0.1) is 6.92 Å². The smallest absolute Gasteiger partial charge is 0.228 e. The van der Waals surface area contributed by atoms with Gasteiger partial charge < -0.3 is 10.2 Å². The van der Waals surface area contributed by atoms with E-state index in [4.69, 9.17) is 0 Å². The Balaban J connectivity index is 1.72. The molecule has 1 N–H and O–H groups in total. The molecule has 0 saturated heterocycles. The SMILES string of the molecule is CCCN1C(=O)CCc2cc(NC(=O)Cc3cccc(C)c3)ccc21. The third kappa shape index (κ3) is 4.08. The molecule has 1 aliphatic rings. The number of hydrogen-bond acceptors (Lipinski definition) is 2. The highest BCUT2D eigenvalue weighted by Crippen LogP contribution is 2.30. The molecule has 1 aliphatic heterocycles. The molecule has 130 valence electrons. The van der Waals surface area contributed by atoms with E-state index in [1.54, 1.807) is 0 Å². The van der Waals surface area contributed by atoms with Crippen LogP contribution in [0.1, 0.15) is 36.5 Å². The number of fused-ring (bicyclic) bond motifs is 1. The summed E-state index contributed by atoms with van der Waals surface area (Å²) in [4.78, 5) is 26.3. The summed E-state index contributed by atoms with van der Waals surface area (Å²) >= 11 is 0. The Kier molecular flexibility index (Phi) is 5.17. The standard InChI is InChI=1S/C21H24N2O2/c1-3-11-23-19-9-8-18(14-17(19)7-10-21(23)25)22-20(24)13-16-6-4-5-15(2)12-16/h4-6,8-9,12,14H,3,7,10-11,13H2,1-2H3,(H,22,24). The van der Waals surface area contributed by atoms with E-state index in [1.165, 1.54) is 0 Å². The predicted octanol–water partition coefficient (Wildman–Crippen LogP) is 3.87. The lowest BCUT2D eigenvalue weighted by Gasteiger charge is -2.29. The molecule has 2 aromatic carbocycles. The first-order valence-electron chi connectivity index (χ1n) is 8.85. The Labute approximate surface area is 148 Å². The van der Waals surface area contributed by atoms with Gasteiger partial charge in [-0.25, -0.2) is 0 Å². The van der Waals surface area contributed by atoms with Crippen molar-refractivity contribution in [1.29, 1.82) is 0 Å². The molecule has 1 heterocycles. The lowest BCUT2D eigenvalue weighted by Crippen LogP contribution is -2.35. The van der Waals surface area contributed by atoms with Crippen molar-refractivity contribution in [3.63, 3.8) is 0 Å². The second kappa shape index (κ2) is 7.51. The van der Waals surface area contributed by atoms with Gasteiger partial charge >= 0.3 is 0 Å². The summed E-state index contributed by atoms with van der Waals surface area (Å²) in [6.07, 6.45) is 2.56. The van der Waals surface area contributed by atoms with Crippen LogP contribution in [0.15, 0.2) is 42.5 Å². The minimum absolute atomic E-state index is 0.0251. The normalized spacial score (nSPS) is 13.5. The van der Waals surface area contributed by atoms with Crippen LogP contribution in [0.2, 0.25) is 0 Å². The van der Waals surface area contributed by atoms with Crippen molar-refractivity contribution in [2.24, 2.45) is 0 Å². The van der Waals surface area contributed by atoms with Gasteiger partial charge in [-0.05, 0) is 49.1 Å². The third-order valence-corrected chi connectivity index (χ3v) is 4.46. The van der Waals surface area contributed by atoms with Gasteiger partial charge in [-0.3, -0.25) is 9.59 Å². The maximum absolute atomic E-state index is 12.3. The van der Waals surface area contributed by atoms with Gasteiger partial charge in [0.05, 0.1) is 6.42 Å². The van der Waals surface area contributed by atoms with Crippen molar-refractivity contribution >= 4 is 23.2 Å². The molecule has 0 aliphatic carbocycles. The average molecular weight is 336 g/mol. The van der Waals surface area contributed by atoms with Crippen molar-refractivity contribution in [2.45, 2.75) is 39.5 Å². The monoisotopic (exact) mass is 336 g/mol. The average Bonchev–Trinajstić information content (AvgIpc) is 2.57. The van der Waals surface area contributed by atoms with Gasteiger partial charge in [0.1, 0.15) is 0 Å². The van der Waals surface area contributed by atoms with Crippen molar-refractivity contribution < 1.29 is 9.59 Å². The predicted molar refractivity (Wildman–Crippen MR) is 101 cm³/mol. The molecule has 0 fully saturated rings. The van der Waals surface area contributed by atoms with Crippen LogP contribution in [0.25, 0.3) is 0 Å². The van der Waals surface area contributed by atoms with Gasteiger partial charge in [-0.15, -0.1) is 0 Å². The van der Waals surface area contributed by atoms with Gasteiger partial charge in [-0.2, -0.15) is 0 Å². The van der Waals surface area contributed by atoms with E-state index in [0.717, 1.165) is 47.5 Å². The summed E-state index contributed by atoms with van der Waals surface area (Å²) in [5.41, 5.74) is 5.06. The lowest BCUT2D eigenvalue weighted by atomic mass is 10.00. The van der Waals surface area contributed by atoms with Crippen molar-refractivity contribution in [3.8, 4) is 0 Å². The number of amides is 2. The molecule has 4 heteroatoms. The third-order valence-electron chi connectivity index (χ3n) is 4.46. The molecule has 0 spiro atoms. The molecule has 0 bridgehead atoms. The van der Waals surface area contributed by atoms with Gasteiger partial charge in [0.15, 0.2) is 0 Å². The zero-order valence-electron chi connectivity index (χ0n) is 14.8. The summed E-state index contributed by atoms with van der Waals surface area (Å²) < 4.78 is 0. The summed E-state index contributed by atoms with van der Waals surface area (Å²) in [5, 5.41) is 2.98. The fourth-order valence-electron chi connectivity index (χ4n) is 3.32. The maximum Gasteiger partial charge on any atom is 0.228 e. The number of nitrogens with one attached hydrogen (secondary N) is 1. The van der Waals surface area contributed by atoms with Crippen LogP contribution in [0.4, 0.5) is 11.4 Å². The molecule has 4 nitrogen and oxygen atoms in total. The first kappa shape index (κ1) is 17.2. The fourth-order valence-corrected chi connectivity index (χ4v) is 3.32. The summed E-state index contributed by atoms with van der Waals surface area (Å²) in [6, 6.07) is 13.8. The zero-order chi connectivity index (χ0) is 17.8. The highest BCUT2D eigenvalue weighted by Gasteiger charge is 2.23. The molecule has 0 saturated carbocycles. The molecular weight excluding hydrogens is 312 g/mol. The lowest BCUT2D eigenvalue weighted by molar-refractivity contribution is -0.119. The van der Waals surface area contributed by atoms with Gasteiger partial charge in [-0.1, -0.05) is 36.8 Å². The minimum atomic E-state index is -0.0251. The van der Waals surface area contributed by atoms with Crippen LogP contribution in [-0.2, 0) is 22.4 Å². The maximum atomic E-state index is 12.3. The molecule has 2 aromatic rings. The second-order valence-corrected chi connectivity index (χ2v) is 6.60. The van der Waals surface area contributed by atoms with Crippen LogP contribution >= 0.6 is 0 Å². The number of benzene rings is 2. The summed E-state index contributed by atoms with van der Waals surface area (Å²) in [7, 11) is 0. The highest BCUT2D eigenvalue weighted by atomic mass is 16.2. The van der Waals surface area contributed by atoms with Crippen molar-refractivity contribution in [2.75, 3.05) is 16.8 Å². The molecule has 3 rings (SSSR count). The number of rotatable bonds is 5. The van der Waals surface area contributed by atoms with E-state index >= 15 is 0 Å². The van der Waals surface area contributed by atoms with E-state index in [1.807, 2.05) is 54.3 Å². The van der Waals surface area contributed by atoms with E-state index in [9.17, 15) is 9.59 Å². The Bertz CT molecular complexity index is 798.